The van der Waals surface area contributed by atoms with Gasteiger partial charge in [0.1, 0.15) is 5.69 Å². The summed E-state index contributed by atoms with van der Waals surface area (Å²) in [6.07, 6.45) is 7.12. The molecule has 7 rings (SSSR count). The number of ether oxygens (including phenoxy) is 2. The van der Waals surface area contributed by atoms with Crippen LogP contribution in [0.4, 0.5) is 5.95 Å². The molecule has 5 aromatic rings. The summed E-state index contributed by atoms with van der Waals surface area (Å²) in [5.74, 6) is 0.827. The maximum atomic E-state index is 6.01. The summed E-state index contributed by atoms with van der Waals surface area (Å²) in [5, 5.41) is 11.0. The number of hydrogen-bond acceptors (Lipinski definition) is 6. The van der Waals surface area contributed by atoms with E-state index in [-0.39, 0.29) is 6.23 Å². The zero-order valence-corrected chi connectivity index (χ0v) is 22.0. The fourth-order valence-corrected chi connectivity index (χ4v) is 5.89. The predicted molar refractivity (Wildman–Crippen MR) is 147 cm³/mol. The maximum absolute atomic E-state index is 6.01. The summed E-state index contributed by atoms with van der Waals surface area (Å²) in [5.41, 5.74) is 6.23. The van der Waals surface area contributed by atoms with E-state index in [2.05, 4.69) is 63.3 Å². The lowest BCUT2D eigenvalue weighted by atomic mass is 9.99. The standard InChI is InChI=1S/C28H27BrN6O2/c29-22-18-30-28(33-11-14-36-15-12-33)35-27(22)25(26(32-35)19-6-2-1-3-7-19)20-9-10-23-21(16-20)17-31-34(23)24-8-4-5-13-37-24/h1-3,6-7,9-10,16-18,24H,4-5,8,11-15H2. The average Bonchev–Trinajstić information content (AvgIpc) is 3.57. The Labute approximate surface area is 222 Å². The van der Waals surface area contributed by atoms with Gasteiger partial charge in [0.15, 0.2) is 6.23 Å². The third-order valence-corrected chi connectivity index (χ3v) is 7.83. The molecule has 0 aliphatic carbocycles. The largest absolute Gasteiger partial charge is 0.378 e. The van der Waals surface area contributed by atoms with Gasteiger partial charge in [0.25, 0.3) is 0 Å². The van der Waals surface area contributed by atoms with Gasteiger partial charge in [-0.1, -0.05) is 36.4 Å². The molecule has 2 aliphatic rings. The molecule has 188 valence electrons. The van der Waals surface area contributed by atoms with Crippen LogP contribution in [0.2, 0.25) is 0 Å². The molecule has 0 spiro atoms. The highest BCUT2D eigenvalue weighted by Gasteiger charge is 2.25. The molecule has 1 atom stereocenters. The van der Waals surface area contributed by atoms with Crippen LogP contribution < -0.4 is 4.90 Å². The molecule has 0 bridgehead atoms. The van der Waals surface area contributed by atoms with Crippen LogP contribution in [0.15, 0.2) is 65.4 Å². The molecule has 3 aromatic heterocycles. The molecule has 0 N–H and O–H groups in total. The highest BCUT2D eigenvalue weighted by Crippen LogP contribution is 2.40. The molecule has 2 saturated heterocycles. The van der Waals surface area contributed by atoms with Gasteiger partial charge in [0, 0.05) is 42.4 Å². The van der Waals surface area contributed by atoms with Gasteiger partial charge in [-0.15, -0.1) is 0 Å². The van der Waals surface area contributed by atoms with E-state index in [1.54, 1.807) is 0 Å². The van der Waals surface area contributed by atoms with Crippen molar-refractivity contribution >= 4 is 38.3 Å². The van der Waals surface area contributed by atoms with E-state index >= 15 is 0 Å². The Balaban J connectivity index is 1.42. The van der Waals surface area contributed by atoms with Gasteiger partial charge in [0.05, 0.1) is 34.9 Å². The first-order chi connectivity index (χ1) is 18.3. The number of nitrogens with zero attached hydrogens (tertiary/aromatic N) is 6. The molecule has 0 radical (unpaired) electrons. The number of hydrogen-bond donors (Lipinski definition) is 0. The fraction of sp³-hybridized carbons (Fsp3) is 0.321. The number of halogens is 1. The Morgan fingerprint density at radius 1 is 0.919 bits per heavy atom. The van der Waals surface area contributed by atoms with E-state index in [9.17, 15) is 0 Å². The molecular formula is C28H27BrN6O2. The third-order valence-electron chi connectivity index (χ3n) is 7.25. The first kappa shape index (κ1) is 22.9. The van der Waals surface area contributed by atoms with Crippen LogP contribution in [0.5, 0.6) is 0 Å². The normalized spacial score (nSPS) is 18.6. The van der Waals surface area contributed by atoms with Crippen molar-refractivity contribution in [3.8, 4) is 22.4 Å². The summed E-state index contributed by atoms with van der Waals surface area (Å²) in [6.45, 7) is 3.73. The van der Waals surface area contributed by atoms with Crippen LogP contribution in [0.3, 0.4) is 0 Å². The minimum absolute atomic E-state index is 0.00487. The lowest BCUT2D eigenvalue weighted by Crippen LogP contribution is -2.38. The van der Waals surface area contributed by atoms with Crippen LogP contribution in [0.1, 0.15) is 25.5 Å². The van der Waals surface area contributed by atoms with Gasteiger partial charge >= 0.3 is 0 Å². The summed E-state index contributed by atoms with van der Waals surface area (Å²) < 4.78 is 16.5. The lowest BCUT2D eigenvalue weighted by molar-refractivity contribution is -0.0366. The van der Waals surface area contributed by atoms with Gasteiger partial charge in [-0.05, 0) is 52.9 Å². The molecular weight excluding hydrogens is 532 g/mol. The summed E-state index contributed by atoms with van der Waals surface area (Å²) >= 11 is 3.80. The highest BCUT2D eigenvalue weighted by atomic mass is 79.9. The number of morpholine rings is 1. The van der Waals surface area contributed by atoms with Crippen LogP contribution in [-0.2, 0) is 9.47 Å². The van der Waals surface area contributed by atoms with Gasteiger partial charge < -0.3 is 14.4 Å². The van der Waals surface area contributed by atoms with E-state index in [0.717, 1.165) is 81.8 Å². The first-order valence-electron chi connectivity index (χ1n) is 12.8. The highest BCUT2D eigenvalue weighted by molar-refractivity contribution is 9.10. The van der Waals surface area contributed by atoms with Crippen molar-refractivity contribution in [3.63, 3.8) is 0 Å². The molecule has 8 nitrogen and oxygen atoms in total. The van der Waals surface area contributed by atoms with Crippen molar-refractivity contribution in [1.82, 2.24) is 24.4 Å². The Kier molecular flexibility index (Phi) is 5.91. The number of aromatic nitrogens is 5. The average molecular weight is 559 g/mol. The topological polar surface area (TPSA) is 69.7 Å². The second-order valence-corrected chi connectivity index (χ2v) is 10.4. The van der Waals surface area contributed by atoms with E-state index in [0.29, 0.717) is 13.2 Å². The van der Waals surface area contributed by atoms with Gasteiger partial charge in [-0.2, -0.15) is 14.7 Å². The Morgan fingerprint density at radius 2 is 1.78 bits per heavy atom. The zero-order chi connectivity index (χ0) is 24.8. The molecule has 2 aliphatic heterocycles. The van der Waals surface area contributed by atoms with Crippen molar-refractivity contribution in [2.45, 2.75) is 25.5 Å². The number of benzene rings is 2. The zero-order valence-electron chi connectivity index (χ0n) is 20.4. The Hall–Kier alpha value is -3.27. The predicted octanol–water partition coefficient (Wildman–Crippen LogP) is 5.71. The molecule has 2 fully saturated rings. The van der Waals surface area contributed by atoms with E-state index in [1.165, 1.54) is 6.42 Å². The lowest BCUT2D eigenvalue weighted by Gasteiger charge is -2.27. The van der Waals surface area contributed by atoms with Crippen molar-refractivity contribution < 1.29 is 9.47 Å². The number of rotatable bonds is 4. The first-order valence-corrected chi connectivity index (χ1v) is 13.6. The molecule has 5 heterocycles. The summed E-state index contributed by atoms with van der Waals surface area (Å²) in [6, 6.07) is 16.9. The van der Waals surface area contributed by atoms with Crippen LogP contribution in [0.25, 0.3) is 38.8 Å². The van der Waals surface area contributed by atoms with Crippen LogP contribution in [-0.4, -0.2) is 57.3 Å². The second-order valence-electron chi connectivity index (χ2n) is 9.54. The van der Waals surface area contributed by atoms with Crippen LogP contribution >= 0.6 is 15.9 Å². The molecule has 0 amide bonds. The van der Waals surface area contributed by atoms with E-state index in [1.807, 2.05) is 27.7 Å². The quantitative estimate of drug-likeness (QED) is 0.281. The third kappa shape index (κ3) is 4.02. The van der Waals surface area contributed by atoms with Crippen molar-refractivity contribution in [3.05, 3.63) is 65.4 Å². The maximum Gasteiger partial charge on any atom is 0.227 e. The number of anilines is 1. The molecule has 9 heteroatoms. The van der Waals surface area contributed by atoms with Crippen molar-refractivity contribution in [2.75, 3.05) is 37.8 Å². The van der Waals surface area contributed by atoms with E-state index < -0.39 is 0 Å². The summed E-state index contributed by atoms with van der Waals surface area (Å²) in [7, 11) is 0. The Morgan fingerprint density at radius 3 is 2.59 bits per heavy atom. The number of fused-ring (bicyclic) bond motifs is 2. The van der Waals surface area contributed by atoms with Crippen molar-refractivity contribution in [1.29, 1.82) is 0 Å². The van der Waals surface area contributed by atoms with Gasteiger partial charge in [-0.3, -0.25) is 0 Å². The van der Waals surface area contributed by atoms with Crippen LogP contribution in [0, 0.1) is 0 Å². The minimum atomic E-state index is 0.00487. The SMILES string of the molecule is Brc1cnc(N2CCOCC2)n2nc(-c3ccccc3)c(-c3ccc4c(cnn4C4CCCCO4)c3)c12. The molecule has 37 heavy (non-hydrogen) atoms. The molecule has 2 aromatic carbocycles. The molecule has 0 saturated carbocycles. The fourth-order valence-electron chi connectivity index (χ4n) is 5.42. The van der Waals surface area contributed by atoms with Crippen molar-refractivity contribution in [2.24, 2.45) is 0 Å². The van der Waals surface area contributed by atoms with Gasteiger partial charge in [-0.25, -0.2) is 9.67 Å². The van der Waals surface area contributed by atoms with E-state index in [4.69, 9.17) is 24.7 Å². The second kappa shape index (κ2) is 9.55. The minimum Gasteiger partial charge on any atom is -0.378 e. The summed E-state index contributed by atoms with van der Waals surface area (Å²) in [4.78, 5) is 7.02. The Bertz CT molecular complexity index is 1570. The molecule has 1 unspecified atom stereocenters. The smallest absolute Gasteiger partial charge is 0.227 e. The van der Waals surface area contributed by atoms with Gasteiger partial charge in [0.2, 0.25) is 5.95 Å². The monoisotopic (exact) mass is 558 g/mol.